The smallest absolute Gasteiger partial charge is 0.356 e. The number of carboxylic acids is 1. The van der Waals surface area contributed by atoms with Crippen LogP contribution in [0.1, 0.15) is 16.2 Å². The van der Waals surface area contributed by atoms with Crippen LogP contribution in [0.25, 0.3) is 11.4 Å². The second-order valence-corrected chi connectivity index (χ2v) is 3.45. The van der Waals surface area contributed by atoms with E-state index in [1.807, 2.05) is 0 Å². The maximum Gasteiger partial charge on any atom is 0.356 e. The van der Waals surface area contributed by atoms with Gasteiger partial charge in [-0.2, -0.15) is 0 Å². The summed E-state index contributed by atoms with van der Waals surface area (Å²) in [6, 6.07) is 3.41. The van der Waals surface area contributed by atoms with Gasteiger partial charge in [0.2, 0.25) is 5.88 Å². The number of carbonyl (C=O) groups is 1. The van der Waals surface area contributed by atoms with Crippen molar-refractivity contribution >= 4 is 5.97 Å². The van der Waals surface area contributed by atoms with Gasteiger partial charge in [0.15, 0.2) is 5.69 Å². The van der Waals surface area contributed by atoms with Crippen molar-refractivity contribution in [2.24, 2.45) is 0 Å². The number of nitrogens with one attached hydrogen (secondary N) is 1. The zero-order valence-electron chi connectivity index (χ0n) is 9.39. The van der Waals surface area contributed by atoms with E-state index < -0.39 is 5.97 Å². The molecule has 0 radical (unpaired) electrons. The van der Waals surface area contributed by atoms with Crippen molar-refractivity contribution in [1.82, 2.24) is 15.0 Å². The highest BCUT2D eigenvalue weighted by atomic mass is 16.5. The van der Waals surface area contributed by atoms with Crippen molar-refractivity contribution in [1.29, 1.82) is 0 Å². The van der Waals surface area contributed by atoms with Crippen LogP contribution in [0.5, 0.6) is 5.88 Å². The van der Waals surface area contributed by atoms with Crippen molar-refractivity contribution in [3.05, 3.63) is 29.7 Å². The number of imidazole rings is 1. The summed E-state index contributed by atoms with van der Waals surface area (Å²) in [5, 5.41) is 8.91. The molecule has 2 aromatic rings. The molecule has 0 spiro atoms. The highest BCUT2D eigenvalue weighted by Gasteiger charge is 2.14. The van der Waals surface area contributed by atoms with Gasteiger partial charge in [0.1, 0.15) is 5.82 Å². The van der Waals surface area contributed by atoms with Crippen LogP contribution in [0, 0.1) is 6.92 Å². The van der Waals surface area contributed by atoms with Crippen LogP contribution in [-0.4, -0.2) is 33.1 Å². The Morgan fingerprint density at radius 1 is 1.53 bits per heavy atom. The van der Waals surface area contributed by atoms with Crippen LogP contribution in [0.3, 0.4) is 0 Å². The second kappa shape index (κ2) is 4.25. The molecule has 0 saturated heterocycles. The normalized spacial score (nSPS) is 10.2. The Balaban J connectivity index is 2.46. The number of H-pyrrole nitrogens is 1. The van der Waals surface area contributed by atoms with Crippen LogP contribution >= 0.6 is 0 Å². The van der Waals surface area contributed by atoms with Gasteiger partial charge in [0, 0.05) is 23.5 Å². The van der Waals surface area contributed by atoms with Gasteiger partial charge >= 0.3 is 5.97 Å². The second-order valence-electron chi connectivity index (χ2n) is 3.45. The molecule has 0 amide bonds. The summed E-state index contributed by atoms with van der Waals surface area (Å²) in [6.07, 6.45) is 1.58. The van der Waals surface area contributed by atoms with Gasteiger partial charge < -0.3 is 14.8 Å². The van der Waals surface area contributed by atoms with Gasteiger partial charge in [-0.3, -0.25) is 0 Å². The number of aromatic nitrogens is 3. The zero-order valence-corrected chi connectivity index (χ0v) is 9.39. The zero-order chi connectivity index (χ0) is 12.4. The van der Waals surface area contributed by atoms with Crippen LogP contribution in [-0.2, 0) is 0 Å². The molecule has 0 aliphatic carbocycles. The molecule has 2 heterocycles. The molecule has 0 aliphatic heterocycles. The van der Waals surface area contributed by atoms with Crippen molar-refractivity contribution < 1.29 is 14.6 Å². The summed E-state index contributed by atoms with van der Waals surface area (Å²) in [5.74, 6) is -0.111. The summed E-state index contributed by atoms with van der Waals surface area (Å²) in [4.78, 5) is 21.8. The maximum atomic E-state index is 10.9. The van der Waals surface area contributed by atoms with E-state index in [2.05, 4.69) is 15.0 Å². The Kier molecular flexibility index (Phi) is 2.78. The van der Waals surface area contributed by atoms with Gasteiger partial charge in [-0.05, 0) is 13.0 Å². The van der Waals surface area contributed by atoms with Crippen molar-refractivity contribution in [3.63, 3.8) is 0 Å². The highest BCUT2D eigenvalue weighted by Crippen LogP contribution is 2.20. The van der Waals surface area contributed by atoms with Gasteiger partial charge in [0.25, 0.3) is 0 Å². The molecule has 6 nitrogen and oxygen atoms in total. The lowest BCUT2D eigenvalue weighted by Crippen LogP contribution is -1.98. The van der Waals surface area contributed by atoms with E-state index in [9.17, 15) is 4.79 Å². The molecule has 2 rings (SSSR count). The van der Waals surface area contributed by atoms with Crippen molar-refractivity contribution in [2.45, 2.75) is 6.92 Å². The molecule has 2 N–H and O–H groups in total. The molecule has 0 bridgehead atoms. The van der Waals surface area contributed by atoms with E-state index in [0.29, 0.717) is 17.4 Å². The summed E-state index contributed by atoms with van der Waals surface area (Å²) >= 11 is 0. The molecule has 0 aromatic carbocycles. The lowest BCUT2D eigenvalue weighted by Gasteiger charge is -2.00. The molecule has 0 aliphatic rings. The maximum absolute atomic E-state index is 10.9. The number of ether oxygens (including phenoxy) is 1. The fourth-order valence-corrected chi connectivity index (χ4v) is 1.47. The lowest BCUT2D eigenvalue weighted by molar-refractivity contribution is 0.0690. The number of rotatable bonds is 3. The first kappa shape index (κ1) is 11.1. The first-order valence-electron chi connectivity index (χ1n) is 4.92. The van der Waals surface area contributed by atoms with Crippen LogP contribution in [0.2, 0.25) is 0 Å². The van der Waals surface area contributed by atoms with Gasteiger partial charge in [-0.1, -0.05) is 0 Å². The molecule has 0 unspecified atom stereocenters. The third-order valence-corrected chi connectivity index (χ3v) is 2.30. The largest absolute Gasteiger partial charge is 0.481 e. The minimum Gasteiger partial charge on any atom is -0.481 e. The predicted molar refractivity (Wildman–Crippen MR) is 60.1 cm³/mol. The summed E-state index contributed by atoms with van der Waals surface area (Å²) in [5.41, 5.74) is 1.27. The number of aromatic amines is 1. The Labute approximate surface area is 97.3 Å². The summed E-state index contributed by atoms with van der Waals surface area (Å²) < 4.78 is 4.99. The topological polar surface area (TPSA) is 88.1 Å². The van der Waals surface area contributed by atoms with Crippen molar-refractivity contribution in [2.75, 3.05) is 7.11 Å². The van der Waals surface area contributed by atoms with Crippen LogP contribution < -0.4 is 4.74 Å². The molecule has 17 heavy (non-hydrogen) atoms. The number of pyridine rings is 1. The number of aryl methyl sites for hydroxylation is 1. The molecular formula is C11H11N3O3. The van der Waals surface area contributed by atoms with Crippen LogP contribution in [0.15, 0.2) is 18.3 Å². The molecule has 0 saturated carbocycles. The number of hydrogen-bond acceptors (Lipinski definition) is 4. The number of aromatic carboxylic acids is 1. The molecule has 2 aromatic heterocycles. The predicted octanol–water partition coefficient (Wildman–Crippen LogP) is 1.49. The van der Waals surface area contributed by atoms with E-state index in [1.54, 1.807) is 25.3 Å². The molecular weight excluding hydrogens is 222 g/mol. The van der Waals surface area contributed by atoms with Crippen LogP contribution in [0.4, 0.5) is 0 Å². The fourth-order valence-electron chi connectivity index (χ4n) is 1.47. The fraction of sp³-hybridized carbons (Fsp3) is 0.182. The number of nitrogens with zero attached hydrogens (tertiary/aromatic N) is 2. The third-order valence-electron chi connectivity index (χ3n) is 2.30. The summed E-state index contributed by atoms with van der Waals surface area (Å²) in [6.45, 7) is 1.67. The first-order valence-corrected chi connectivity index (χ1v) is 4.92. The summed E-state index contributed by atoms with van der Waals surface area (Å²) in [7, 11) is 1.52. The quantitative estimate of drug-likeness (QED) is 0.838. The van der Waals surface area contributed by atoms with E-state index in [0.717, 1.165) is 5.56 Å². The Morgan fingerprint density at radius 3 is 2.88 bits per heavy atom. The average molecular weight is 233 g/mol. The standard InChI is InChI=1S/C11H11N3O3/c1-6-9(11(15)16)14-10(13-6)7-3-4-12-8(5-7)17-2/h3-5H,1-2H3,(H,13,14)(H,15,16). The molecule has 88 valence electrons. The Bertz CT molecular complexity index is 563. The van der Waals surface area contributed by atoms with E-state index in [4.69, 9.17) is 9.84 Å². The molecule has 0 atom stereocenters. The van der Waals surface area contributed by atoms with E-state index in [-0.39, 0.29) is 5.69 Å². The Morgan fingerprint density at radius 2 is 2.29 bits per heavy atom. The Hall–Kier alpha value is -2.37. The minimum atomic E-state index is -1.05. The average Bonchev–Trinajstić information content (AvgIpc) is 2.71. The molecule has 0 fully saturated rings. The number of carboxylic acid groups (broad SMARTS) is 1. The van der Waals surface area contributed by atoms with Gasteiger partial charge in [-0.15, -0.1) is 0 Å². The molecule has 6 heteroatoms. The van der Waals surface area contributed by atoms with Gasteiger partial charge in [-0.25, -0.2) is 14.8 Å². The highest BCUT2D eigenvalue weighted by molar-refractivity contribution is 5.87. The monoisotopic (exact) mass is 233 g/mol. The van der Waals surface area contributed by atoms with E-state index in [1.165, 1.54) is 7.11 Å². The minimum absolute atomic E-state index is 0.0239. The number of methoxy groups -OCH3 is 1. The third kappa shape index (κ3) is 2.10. The SMILES string of the molecule is COc1cc(-c2nc(C(=O)O)c(C)[nH]2)ccn1. The van der Waals surface area contributed by atoms with E-state index >= 15 is 0 Å². The first-order chi connectivity index (χ1) is 8.11. The van der Waals surface area contributed by atoms with Gasteiger partial charge in [0.05, 0.1) is 7.11 Å². The lowest BCUT2D eigenvalue weighted by atomic mass is 10.2. The van der Waals surface area contributed by atoms with Crippen molar-refractivity contribution in [3.8, 4) is 17.3 Å². The number of hydrogen-bond donors (Lipinski definition) is 2.